The minimum Gasteiger partial charge on any atom is -0.461 e. The summed E-state index contributed by atoms with van der Waals surface area (Å²) >= 11 is 0. The summed E-state index contributed by atoms with van der Waals surface area (Å²) in [6.45, 7) is 3.70. The van der Waals surface area contributed by atoms with E-state index in [1.165, 1.54) is 12.3 Å². The Morgan fingerprint density at radius 1 is 1.33 bits per heavy atom. The normalized spacial score (nSPS) is 29.5. The van der Waals surface area contributed by atoms with Crippen molar-refractivity contribution in [3.63, 3.8) is 0 Å². The zero-order valence-corrected chi connectivity index (χ0v) is 13.4. The van der Waals surface area contributed by atoms with Crippen molar-refractivity contribution in [2.75, 3.05) is 6.61 Å². The van der Waals surface area contributed by atoms with Gasteiger partial charge in [-0.3, -0.25) is 9.59 Å². The first-order valence-electron chi connectivity index (χ1n) is 7.84. The molecule has 6 nitrogen and oxygen atoms in total. The fraction of sp³-hybridized carbons (Fsp3) is 0.389. The summed E-state index contributed by atoms with van der Waals surface area (Å²) in [6.07, 6.45) is 2.35. The maximum atomic E-state index is 12.9. The number of ether oxygens (including phenoxy) is 2. The summed E-state index contributed by atoms with van der Waals surface area (Å²) in [5.41, 5.74) is 0.434. The second kappa shape index (κ2) is 5.01. The molecule has 0 aromatic carbocycles. The van der Waals surface area contributed by atoms with Crippen LogP contribution in [0.3, 0.4) is 0 Å². The van der Waals surface area contributed by atoms with E-state index in [4.69, 9.17) is 13.9 Å². The van der Waals surface area contributed by atoms with Gasteiger partial charge in [-0.1, -0.05) is 5.57 Å². The van der Waals surface area contributed by atoms with E-state index in [1.54, 1.807) is 13.0 Å². The van der Waals surface area contributed by atoms with E-state index in [9.17, 15) is 14.4 Å². The van der Waals surface area contributed by atoms with Crippen LogP contribution in [0.2, 0.25) is 0 Å². The standard InChI is InChI=1S/C18H16O6/c1-9-6-10-7-12-14(15(19)13-4-3-5-22-13)17(21)24-18(12,2)16(20)11(10)8-23-9/h3-5,9H,6-8H2,1-2H3. The molecule has 2 atom stereocenters. The molecule has 4 rings (SSSR count). The number of carbonyl (C=O) groups is 3. The number of Topliss-reactive ketones (excluding diaryl/α,β-unsaturated/α-hetero) is 2. The van der Waals surface area contributed by atoms with Crippen LogP contribution in [0.5, 0.6) is 0 Å². The third-order valence-electron chi connectivity index (χ3n) is 4.92. The Kier molecular flexibility index (Phi) is 3.15. The predicted octanol–water partition coefficient (Wildman–Crippen LogP) is 2.15. The molecule has 0 radical (unpaired) electrons. The van der Waals surface area contributed by atoms with Gasteiger partial charge in [0, 0.05) is 11.1 Å². The van der Waals surface area contributed by atoms with Crippen LogP contribution in [0.15, 0.2) is 45.1 Å². The Morgan fingerprint density at radius 2 is 2.12 bits per heavy atom. The van der Waals surface area contributed by atoms with E-state index in [0.717, 1.165) is 5.57 Å². The smallest absolute Gasteiger partial charge is 0.343 e. The molecule has 2 aliphatic heterocycles. The van der Waals surface area contributed by atoms with Crippen molar-refractivity contribution >= 4 is 17.5 Å². The molecule has 24 heavy (non-hydrogen) atoms. The fourth-order valence-electron chi connectivity index (χ4n) is 3.62. The van der Waals surface area contributed by atoms with E-state index >= 15 is 0 Å². The van der Waals surface area contributed by atoms with Gasteiger partial charge in [0.25, 0.3) is 0 Å². The highest BCUT2D eigenvalue weighted by Gasteiger charge is 2.55. The molecule has 124 valence electrons. The SMILES string of the molecule is CC1CC2=C(CO1)C(=O)C1(C)OC(=O)C(C(=O)c3ccco3)=C1C2. The lowest BCUT2D eigenvalue weighted by Crippen LogP contribution is -2.45. The Morgan fingerprint density at radius 3 is 2.83 bits per heavy atom. The molecule has 3 aliphatic rings. The molecule has 1 aromatic heterocycles. The van der Waals surface area contributed by atoms with Crippen molar-refractivity contribution in [2.24, 2.45) is 0 Å². The molecule has 0 N–H and O–H groups in total. The summed E-state index contributed by atoms with van der Waals surface area (Å²) in [5.74, 6) is -1.54. The molecule has 3 heterocycles. The molecule has 0 bridgehead atoms. The number of ketones is 2. The van der Waals surface area contributed by atoms with Crippen molar-refractivity contribution in [1.82, 2.24) is 0 Å². The first-order valence-corrected chi connectivity index (χ1v) is 7.84. The van der Waals surface area contributed by atoms with E-state index in [-0.39, 0.29) is 29.8 Å². The predicted molar refractivity (Wildman–Crippen MR) is 81.2 cm³/mol. The highest BCUT2D eigenvalue weighted by Crippen LogP contribution is 2.46. The summed E-state index contributed by atoms with van der Waals surface area (Å²) in [4.78, 5) is 37.9. The van der Waals surface area contributed by atoms with Gasteiger partial charge >= 0.3 is 5.97 Å². The van der Waals surface area contributed by atoms with Gasteiger partial charge in [0.2, 0.25) is 11.6 Å². The highest BCUT2D eigenvalue weighted by atomic mass is 16.6. The third kappa shape index (κ3) is 1.96. The molecule has 6 heteroatoms. The average molecular weight is 328 g/mol. The Balaban J connectivity index is 1.84. The molecule has 0 saturated carbocycles. The molecule has 0 spiro atoms. The molecular formula is C18H16O6. The minimum atomic E-state index is -1.42. The minimum absolute atomic E-state index is 0.00348. The lowest BCUT2D eigenvalue weighted by Gasteiger charge is -2.36. The van der Waals surface area contributed by atoms with E-state index in [2.05, 4.69) is 0 Å². The highest BCUT2D eigenvalue weighted by molar-refractivity contribution is 6.27. The number of fused-ring (bicyclic) bond motifs is 1. The Bertz CT molecular complexity index is 826. The second-order valence-corrected chi connectivity index (χ2v) is 6.50. The lowest BCUT2D eigenvalue weighted by molar-refractivity contribution is -0.153. The quantitative estimate of drug-likeness (QED) is 0.470. The van der Waals surface area contributed by atoms with Gasteiger partial charge in [0.05, 0.1) is 19.0 Å². The van der Waals surface area contributed by atoms with Gasteiger partial charge in [-0.05, 0) is 38.8 Å². The van der Waals surface area contributed by atoms with Crippen LogP contribution in [0, 0.1) is 0 Å². The second-order valence-electron chi connectivity index (χ2n) is 6.50. The zero-order valence-electron chi connectivity index (χ0n) is 13.4. The van der Waals surface area contributed by atoms with Crippen molar-refractivity contribution < 1.29 is 28.3 Å². The molecular weight excluding hydrogens is 312 g/mol. The average Bonchev–Trinajstić information content (AvgIpc) is 3.14. The summed E-state index contributed by atoms with van der Waals surface area (Å²) < 4.78 is 16.0. The molecule has 0 amide bonds. The lowest BCUT2D eigenvalue weighted by atomic mass is 9.73. The third-order valence-corrected chi connectivity index (χ3v) is 4.92. The van der Waals surface area contributed by atoms with Crippen molar-refractivity contribution in [2.45, 2.75) is 38.4 Å². The first-order chi connectivity index (χ1) is 11.4. The van der Waals surface area contributed by atoms with Gasteiger partial charge in [-0.25, -0.2) is 4.79 Å². The molecule has 0 fully saturated rings. The largest absolute Gasteiger partial charge is 0.461 e. The van der Waals surface area contributed by atoms with Gasteiger partial charge in [-0.2, -0.15) is 0 Å². The van der Waals surface area contributed by atoms with E-state index < -0.39 is 17.4 Å². The number of carbonyl (C=O) groups excluding carboxylic acids is 3. The maximum absolute atomic E-state index is 12.9. The number of furan rings is 1. The van der Waals surface area contributed by atoms with Crippen molar-refractivity contribution in [3.05, 3.63) is 46.4 Å². The van der Waals surface area contributed by atoms with Crippen LogP contribution in [0.25, 0.3) is 0 Å². The van der Waals surface area contributed by atoms with Gasteiger partial charge in [0.1, 0.15) is 5.57 Å². The number of hydrogen-bond acceptors (Lipinski definition) is 6. The van der Waals surface area contributed by atoms with Crippen LogP contribution in [-0.4, -0.2) is 35.8 Å². The van der Waals surface area contributed by atoms with Crippen LogP contribution in [-0.2, 0) is 19.1 Å². The van der Waals surface area contributed by atoms with E-state index in [1.807, 2.05) is 6.92 Å². The van der Waals surface area contributed by atoms with Crippen molar-refractivity contribution in [3.8, 4) is 0 Å². The van der Waals surface area contributed by atoms with Crippen LogP contribution in [0.4, 0.5) is 0 Å². The van der Waals surface area contributed by atoms with Crippen LogP contribution < -0.4 is 0 Å². The summed E-state index contributed by atoms with van der Waals surface area (Å²) in [6, 6.07) is 3.06. The summed E-state index contributed by atoms with van der Waals surface area (Å²) in [7, 11) is 0. The number of rotatable bonds is 2. The van der Waals surface area contributed by atoms with Crippen LogP contribution >= 0.6 is 0 Å². The van der Waals surface area contributed by atoms with Crippen LogP contribution in [0.1, 0.15) is 37.2 Å². The van der Waals surface area contributed by atoms with E-state index in [0.29, 0.717) is 24.0 Å². The number of hydrogen-bond donors (Lipinski definition) is 0. The molecule has 1 aliphatic carbocycles. The van der Waals surface area contributed by atoms with Gasteiger partial charge < -0.3 is 13.9 Å². The van der Waals surface area contributed by atoms with Crippen molar-refractivity contribution in [1.29, 1.82) is 0 Å². The Labute approximate surface area is 138 Å². The molecule has 1 aromatic rings. The van der Waals surface area contributed by atoms with Gasteiger partial charge in [0.15, 0.2) is 11.4 Å². The summed E-state index contributed by atoms with van der Waals surface area (Å²) in [5, 5.41) is 0. The van der Waals surface area contributed by atoms with Gasteiger partial charge in [-0.15, -0.1) is 0 Å². The fourth-order valence-corrected chi connectivity index (χ4v) is 3.62. The first kappa shape index (κ1) is 15.1. The zero-order chi connectivity index (χ0) is 17.1. The molecule has 0 saturated heterocycles. The Hall–Kier alpha value is -2.47. The maximum Gasteiger partial charge on any atom is 0.343 e. The number of esters is 1. The topological polar surface area (TPSA) is 82.8 Å². The molecule has 2 unspecified atom stereocenters. The monoisotopic (exact) mass is 328 g/mol.